The largest absolute Gasteiger partial charge is 0.449 e. The molecule has 5 nitrogen and oxygen atoms in total. The number of amides is 2. The maximum Gasteiger partial charge on any atom is 0.294 e. The molecule has 0 radical (unpaired) electrons. The average molecular weight is 420 g/mol. The predicted molar refractivity (Wildman–Crippen MR) is 112 cm³/mol. The van der Waals surface area contributed by atoms with Gasteiger partial charge < -0.3 is 10.1 Å². The Morgan fingerprint density at radius 2 is 1.74 bits per heavy atom. The van der Waals surface area contributed by atoms with Crippen molar-refractivity contribution in [2.45, 2.75) is 6.54 Å². The topological polar surface area (TPSA) is 58.6 Å². The Morgan fingerprint density at radius 3 is 2.52 bits per heavy atom. The lowest BCUT2D eigenvalue weighted by atomic mass is 10.1. The van der Waals surface area contributed by atoms with E-state index in [2.05, 4.69) is 5.32 Å². The molecule has 2 amide bonds. The SMILES string of the molecule is O=C(CN1C(=O)/C(=C\c2cccc(F)c2)Oc2ccccc21)NCc1ccc(F)cc1. The van der Waals surface area contributed by atoms with Crippen molar-refractivity contribution in [2.24, 2.45) is 0 Å². The zero-order valence-electron chi connectivity index (χ0n) is 16.3. The van der Waals surface area contributed by atoms with Gasteiger partial charge in [0, 0.05) is 6.54 Å². The van der Waals surface area contributed by atoms with E-state index in [-0.39, 0.29) is 30.6 Å². The molecule has 156 valence electrons. The van der Waals surface area contributed by atoms with Crippen molar-refractivity contribution in [3.8, 4) is 5.75 Å². The summed E-state index contributed by atoms with van der Waals surface area (Å²) in [5, 5.41) is 2.72. The maximum atomic E-state index is 13.5. The molecule has 0 aromatic heterocycles. The number of nitrogens with zero attached hydrogens (tertiary/aromatic N) is 1. The van der Waals surface area contributed by atoms with E-state index in [9.17, 15) is 18.4 Å². The summed E-state index contributed by atoms with van der Waals surface area (Å²) >= 11 is 0. The van der Waals surface area contributed by atoms with E-state index in [1.807, 2.05) is 0 Å². The molecule has 3 aromatic carbocycles. The molecule has 0 unspecified atom stereocenters. The molecule has 1 N–H and O–H groups in total. The summed E-state index contributed by atoms with van der Waals surface area (Å²) in [5.74, 6) is -1.30. The third-order valence-electron chi connectivity index (χ3n) is 4.68. The zero-order valence-corrected chi connectivity index (χ0v) is 16.3. The highest BCUT2D eigenvalue weighted by atomic mass is 19.1. The molecule has 4 rings (SSSR count). The van der Waals surface area contributed by atoms with Gasteiger partial charge >= 0.3 is 0 Å². The summed E-state index contributed by atoms with van der Waals surface area (Å²) in [6, 6.07) is 18.4. The molecule has 1 heterocycles. The number of anilines is 1. The first-order chi connectivity index (χ1) is 15.0. The fraction of sp³-hybridized carbons (Fsp3) is 0.0833. The van der Waals surface area contributed by atoms with E-state index in [4.69, 9.17) is 4.74 Å². The number of para-hydroxylation sites is 2. The number of halogens is 2. The number of rotatable bonds is 5. The summed E-state index contributed by atoms with van der Waals surface area (Å²) in [6.45, 7) is -0.0355. The number of ether oxygens (including phenoxy) is 1. The zero-order chi connectivity index (χ0) is 21.8. The second-order valence-electron chi connectivity index (χ2n) is 6.93. The van der Waals surface area contributed by atoms with E-state index in [1.165, 1.54) is 41.3 Å². The van der Waals surface area contributed by atoms with E-state index in [0.29, 0.717) is 17.0 Å². The van der Waals surface area contributed by atoms with Gasteiger partial charge in [-0.15, -0.1) is 0 Å². The van der Waals surface area contributed by atoms with Crippen molar-refractivity contribution in [3.05, 3.63) is 101 Å². The fourth-order valence-corrected chi connectivity index (χ4v) is 3.17. The minimum Gasteiger partial charge on any atom is -0.449 e. The molecular weight excluding hydrogens is 402 g/mol. The van der Waals surface area contributed by atoms with Crippen LogP contribution in [0.2, 0.25) is 0 Å². The highest BCUT2D eigenvalue weighted by molar-refractivity contribution is 6.12. The number of nitrogens with one attached hydrogen (secondary N) is 1. The van der Waals surface area contributed by atoms with E-state index in [0.717, 1.165) is 5.56 Å². The van der Waals surface area contributed by atoms with Crippen molar-refractivity contribution < 1.29 is 23.1 Å². The molecule has 1 aliphatic heterocycles. The molecule has 1 aliphatic rings. The van der Waals surface area contributed by atoms with Crippen LogP contribution in [0.25, 0.3) is 6.08 Å². The third-order valence-corrected chi connectivity index (χ3v) is 4.68. The van der Waals surface area contributed by atoms with Gasteiger partial charge in [-0.3, -0.25) is 14.5 Å². The molecule has 0 spiro atoms. The second kappa shape index (κ2) is 8.79. The molecule has 7 heteroatoms. The van der Waals surface area contributed by atoms with Crippen LogP contribution in [0.3, 0.4) is 0 Å². The van der Waals surface area contributed by atoms with Gasteiger partial charge in [-0.05, 0) is 53.6 Å². The predicted octanol–water partition coefficient (Wildman–Crippen LogP) is 4.05. The van der Waals surface area contributed by atoms with Gasteiger partial charge in [-0.25, -0.2) is 8.78 Å². The van der Waals surface area contributed by atoms with Crippen molar-refractivity contribution >= 4 is 23.6 Å². The normalized spacial score (nSPS) is 14.2. The van der Waals surface area contributed by atoms with Gasteiger partial charge in [0.15, 0.2) is 11.5 Å². The van der Waals surface area contributed by atoms with E-state index in [1.54, 1.807) is 42.5 Å². The lowest BCUT2D eigenvalue weighted by Crippen LogP contribution is -2.44. The number of hydrogen-bond acceptors (Lipinski definition) is 3. The van der Waals surface area contributed by atoms with Crippen molar-refractivity contribution in [1.82, 2.24) is 5.32 Å². The average Bonchev–Trinajstić information content (AvgIpc) is 2.76. The minimum absolute atomic E-state index is 0.0179. The molecular formula is C24H18F2N2O3. The van der Waals surface area contributed by atoms with Gasteiger partial charge in [0.25, 0.3) is 5.91 Å². The highest BCUT2D eigenvalue weighted by Crippen LogP contribution is 2.35. The Bertz CT molecular complexity index is 1160. The number of carbonyl (C=O) groups excluding carboxylic acids is 2. The van der Waals surface area contributed by atoms with Crippen molar-refractivity contribution in [2.75, 3.05) is 11.4 Å². The van der Waals surface area contributed by atoms with Crippen LogP contribution in [0.5, 0.6) is 5.75 Å². The number of hydrogen-bond donors (Lipinski definition) is 1. The standard InChI is InChI=1S/C24H18F2N2O3/c25-18-10-8-16(9-11-18)14-27-23(29)15-28-20-6-1-2-7-21(20)31-22(24(28)30)13-17-4-3-5-19(26)12-17/h1-13H,14-15H2,(H,27,29)/b22-13+. The van der Waals surface area contributed by atoms with Crippen LogP contribution >= 0.6 is 0 Å². The molecule has 0 aliphatic carbocycles. The lowest BCUT2D eigenvalue weighted by Gasteiger charge is -2.30. The first-order valence-electron chi connectivity index (χ1n) is 9.57. The molecule has 0 atom stereocenters. The highest BCUT2D eigenvalue weighted by Gasteiger charge is 2.31. The van der Waals surface area contributed by atoms with Gasteiger partial charge in [0.05, 0.1) is 5.69 Å². The quantitative estimate of drug-likeness (QED) is 0.634. The molecule has 0 saturated heterocycles. The number of benzene rings is 3. The summed E-state index contributed by atoms with van der Waals surface area (Å²) in [4.78, 5) is 26.9. The Hall–Kier alpha value is -4.00. The van der Waals surface area contributed by atoms with Gasteiger partial charge in [-0.1, -0.05) is 36.4 Å². The molecule has 0 saturated carbocycles. The first kappa shape index (κ1) is 20.3. The summed E-state index contributed by atoms with van der Waals surface area (Å²) in [6.07, 6.45) is 1.44. The van der Waals surface area contributed by atoms with Crippen LogP contribution in [0.1, 0.15) is 11.1 Å². The van der Waals surface area contributed by atoms with E-state index < -0.39 is 11.7 Å². The van der Waals surface area contributed by atoms with Crippen LogP contribution in [-0.2, 0) is 16.1 Å². The smallest absolute Gasteiger partial charge is 0.294 e. The van der Waals surface area contributed by atoms with Gasteiger partial charge in [0.1, 0.15) is 18.2 Å². The maximum absolute atomic E-state index is 13.5. The third kappa shape index (κ3) is 4.78. The molecule has 31 heavy (non-hydrogen) atoms. The summed E-state index contributed by atoms with van der Waals surface area (Å²) < 4.78 is 32.3. The Morgan fingerprint density at radius 1 is 0.968 bits per heavy atom. The summed E-state index contributed by atoms with van der Waals surface area (Å²) in [5.41, 5.74) is 1.65. The van der Waals surface area contributed by atoms with Crippen LogP contribution in [-0.4, -0.2) is 18.4 Å². The van der Waals surface area contributed by atoms with Crippen molar-refractivity contribution in [3.63, 3.8) is 0 Å². The first-order valence-corrected chi connectivity index (χ1v) is 9.57. The van der Waals surface area contributed by atoms with Gasteiger partial charge in [0.2, 0.25) is 5.91 Å². The second-order valence-corrected chi connectivity index (χ2v) is 6.93. The Kier molecular flexibility index (Phi) is 5.75. The van der Waals surface area contributed by atoms with Crippen LogP contribution in [0, 0.1) is 11.6 Å². The minimum atomic E-state index is -0.514. The monoisotopic (exact) mass is 420 g/mol. The van der Waals surface area contributed by atoms with Crippen LogP contribution < -0.4 is 15.0 Å². The van der Waals surface area contributed by atoms with Crippen molar-refractivity contribution in [1.29, 1.82) is 0 Å². The van der Waals surface area contributed by atoms with Gasteiger partial charge in [-0.2, -0.15) is 0 Å². The van der Waals surface area contributed by atoms with Crippen LogP contribution in [0.4, 0.5) is 14.5 Å². The van der Waals surface area contributed by atoms with Crippen LogP contribution in [0.15, 0.2) is 78.6 Å². The summed E-state index contributed by atoms with van der Waals surface area (Å²) in [7, 11) is 0. The lowest BCUT2D eigenvalue weighted by molar-refractivity contribution is -0.123. The Balaban J connectivity index is 1.54. The number of carbonyl (C=O) groups is 2. The Labute approximate surface area is 177 Å². The molecule has 0 bridgehead atoms. The molecule has 3 aromatic rings. The van der Waals surface area contributed by atoms with E-state index >= 15 is 0 Å². The number of fused-ring (bicyclic) bond motifs is 1. The fourth-order valence-electron chi connectivity index (χ4n) is 3.17. The molecule has 0 fully saturated rings.